The van der Waals surface area contributed by atoms with Gasteiger partial charge in [0.2, 0.25) is 0 Å². The van der Waals surface area contributed by atoms with Crippen LogP contribution in [0.3, 0.4) is 0 Å². The van der Waals surface area contributed by atoms with Gasteiger partial charge in [-0.2, -0.15) is 5.26 Å². The number of furan rings is 1. The summed E-state index contributed by atoms with van der Waals surface area (Å²) < 4.78 is 5.25. The number of nitrogens with zero attached hydrogens (tertiary/aromatic N) is 3. The van der Waals surface area contributed by atoms with Gasteiger partial charge in [-0.25, -0.2) is 9.97 Å². The highest BCUT2D eigenvalue weighted by atomic mass is 16.3. The van der Waals surface area contributed by atoms with E-state index in [9.17, 15) is 4.79 Å². The predicted molar refractivity (Wildman–Crippen MR) is 91.9 cm³/mol. The van der Waals surface area contributed by atoms with Gasteiger partial charge in [0, 0.05) is 6.07 Å². The third kappa shape index (κ3) is 4.00. The Labute approximate surface area is 144 Å². The summed E-state index contributed by atoms with van der Waals surface area (Å²) in [5, 5.41) is 14.9. The van der Waals surface area contributed by atoms with Gasteiger partial charge in [0.05, 0.1) is 24.1 Å². The summed E-state index contributed by atoms with van der Waals surface area (Å²) in [5.41, 5.74) is 1.04. The Morgan fingerprint density at radius 1 is 1.24 bits per heavy atom. The van der Waals surface area contributed by atoms with Crippen LogP contribution in [0.1, 0.15) is 27.6 Å². The molecule has 0 aliphatic rings. The van der Waals surface area contributed by atoms with E-state index in [1.165, 1.54) is 0 Å². The molecule has 3 aromatic rings. The van der Waals surface area contributed by atoms with Gasteiger partial charge in [-0.3, -0.25) is 4.79 Å². The lowest BCUT2D eigenvalue weighted by Gasteiger charge is -2.09. The number of hydrogen-bond donors (Lipinski definition) is 2. The summed E-state index contributed by atoms with van der Waals surface area (Å²) in [6, 6.07) is 14.0. The van der Waals surface area contributed by atoms with Crippen LogP contribution in [0.2, 0.25) is 0 Å². The van der Waals surface area contributed by atoms with Gasteiger partial charge in [-0.15, -0.1) is 0 Å². The molecule has 0 spiro atoms. The fourth-order valence-electron chi connectivity index (χ4n) is 2.24. The van der Waals surface area contributed by atoms with Crippen molar-refractivity contribution in [3.8, 4) is 6.07 Å². The van der Waals surface area contributed by atoms with E-state index < -0.39 is 5.91 Å². The molecule has 0 saturated heterocycles. The van der Waals surface area contributed by atoms with Gasteiger partial charge in [0.1, 0.15) is 29.2 Å². The number of anilines is 2. The number of rotatable bonds is 5. The zero-order valence-electron chi connectivity index (χ0n) is 13.5. The molecule has 124 valence electrons. The molecule has 1 aromatic carbocycles. The first kappa shape index (κ1) is 16.2. The van der Waals surface area contributed by atoms with Crippen LogP contribution < -0.4 is 10.6 Å². The Morgan fingerprint density at radius 2 is 2.08 bits per heavy atom. The minimum absolute atomic E-state index is 0.210. The second kappa shape index (κ2) is 7.27. The van der Waals surface area contributed by atoms with Crippen LogP contribution in [0.15, 0.2) is 53.1 Å². The van der Waals surface area contributed by atoms with Gasteiger partial charge in [-0.1, -0.05) is 12.1 Å². The highest BCUT2D eigenvalue weighted by molar-refractivity contribution is 6.03. The van der Waals surface area contributed by atoms with E-state index in [1.54, 1.807) is 49.6 Å². The Morgan fingerprint density at radius 3 is 2.84 bits per heavy atom. The first-order chi connectivity index (χ1) is 12.2. The molecule has 7 nitrogen and oxygen atoms in total. The average Bonchev–Trinajstić information content (AvgIpc) is 3.13. The minimum Gasteiger partial charge on any atom is -0.467 e. The number of nitriles is 1. The van der Waals surface area contributed by atoms with E-state index >= 15 is 0 Å². The number of carbonyl (C=O) groups is 1. The Bertz CT molecular complexity index is 929. The summed E-state index contributed by atoms with van der Waals surface area (Å²) in [4.78, 5) is 20.9. The average molecular weight is 333 g/mol. The first-order valence-electron chi connectivity index (χ1n) is 7.58. The second-order valence-corrected chi connectivity index (χ2v) is 5.23. The van der Waals surface area contributed by atoms with Crippen molar-refractivity contribution in [3.05, 3.63) is 71.6 Å². The zero-order chi connectivity index (χ0) is 17.6. The normalized spacial score (nSPS) is 10.1. The van der Waals surface area contributed by atoms with Crippen LogP contribution in [0.4, 0.5) is 11.5 Å². The smallest absolute Gasteiger partial charge is 0.274 e. The standard InChI is InChI=1S/C18H15N5O2/c1-12-21-16(9-17(22-12)20-11-14-6-4-8-25-14)18(24)23-15-7-3-2-5-13(15)10-19/h2-9H,11H2,1H3,(H,23,24)(H,20,21,22). The van der Waals surface area contributed by atoms with Crippen LogP contribution in [-0.4, -0.2) is 15.9 Å². The molecule has 0 saturated carbocycles. The predicted octanol–water partition coefficient (Wildman–Crippen LogP) is 3.11. The Balaban J connectivity index is 1.77. The minimum atomic E-state index is -0.408. The third-order valence-corrected chi connectivity index (χ3v) is 3.39. The monoisotopic (exact) mass is 333 g/mol. The summed E-state index contributed by atoms with van der Waals surface area (Å²) >= 11 is 0. The Kier molecular flexibility index (Phi) is 4.72. The lowest BCUT2D eigenvalue weighted by atomic mass is 10.2. The fraction of sp³-hybridized carbons (Fsp3) is 0.111. The van der Waals surface area contributed by atoms with E-state index in [-0.39, 0.29) is 5.69 Å². The molecule has 0 fully saturated rings. The summed E-state index contributed by atoms with van der Waals surface area (Å²) in [7, 11) is 0. The van der Waals surface area contributed by atoms with Crippen LogP contribution in [0, 0.1) is 18.3 Å². The van der Waals surface area contributed by atoms with Gasteiger partial charge in [0.15, 0.2) is 0 Å². The molecule has 2 N–H and O–H groups in total. The molecule has 1 amide bonds. The summed E-state index contributed by atoms with van der Waals surface area (Å²) in [6.45, 7) is 2.15. The van der Waals surface area contributed by atoms with Crippen molar-refractivity contribution in [3.63, 3.8) is 0 Å². The molecule has 3 rings (SSSR count). The quantitative estimate of drug-likeness (QED) is 0.743. The molecular weight excluding hydrogens is 318 g/mol. The Hall–Kier alpha value is -3.66. The zero-order valence-corrected chi connectivity index (χ0v) is 13.5. The largest absolute Gasteiger partial charge is 0.467 e. The highest BCUT2D eigenvalue weighted by Gasteiger charge is 2.13. The van der Waals surface area contributed by atoms with Crippen molar-refractivity contribution < 1.29 is 9.21 Å². The summed E-state index contributed by atoms with van der Waals surface area (Å²) in [6.07, 6.45) is 1.59. The molecule has 0 radical (unpaired) electrons. The van der Waals surface area contributed by atoms with Crippen molar-refractivity contribution in [1.29, 1.82) is 5.26 Å². The molecule has 2 heterocycles. The van der Waals surface area contributed by atoms with Crippen LogP contribution in [0.25, 0.3) is 0 Å². The molecule has 0 aliphatic carbocycles. The van der Waals surface area contributed by atoms with Gasteiger partial charge < -0.3 is 15.1 Å². The van der Waals surface area contributed by atoms with E-state index in [0.29, 0.717) is 29.4 Å². The van der Waals surface area contributed by atoms with Crippen molar-refractivity contribution >= 4 is 17.4 Å². The summed E-state index contributed by atoms with van der Waals surface area (Å²) in [5.74, 6) is 1.32. The fourth-order valence-corrected chi connectivity index (χ4v) is 2.24. The number of para-hydroxylation sites is 1. The van der Waals surface area contributed by atoms with Crippen LogP contribution in [-0.2, 0) is 6.54 Å². The van der Waals surface area contributed by atoms with E-state index in [2.05, 4.69) is 20.6 Å². The maximum atomic E-state index is 12.5. The number of carbonyl (C=O) groups excluding carboxylic acids is 1. The van der Waals surface area contributed by atoms with Crippen molar-refractivity contribution in [2.75, 3.05) is 10.6 Å². The van der Waals surface area contributed by atoms with Crippen molar-refractivity contribution in [2.45, 2.75) is 13.5 Å². The molecule has 0 unspecified atom stereocenters. The van der Waals surface area contributed by atoms with Crippen LogP contribution in [0.5, 0.6) is 0 Å². The van der Waals surface area contributed by atoms with Crippen LogP contribution >= 0.6 is 0 Å². The maximum Gasteiger partial charge on any atom is 0.274 e. The molecule has 0 aliphatic heterocycles. The lowest BCUT2D eigenvalue weighted by molar-refractivity contribution is 0.102. The van der Waals surface area contributed by atoms with E-state index in [0.717, 1.165) is 5.76 Å². The molecule has 0 bridgehead atoms. The first-order valence-corrected chi connectivity index (χ1v) is 7.58. The van der Waals surface area contributed by atoms with Gasteiger partial charge in [0.25, 0.3) is 5.91 Å². The highest BCUT2D eigenvalue weighted by Crippen LogP contribution is 2.16. The lowest BCUT2D eigenvalue weighted by Crippen LogP contribution is -2.16. The molecule has 2 aromatic heterocycles. The number of aromatic nitrogens is 2. The van der Waals surface area contributed by atoms with Gasteiger partial charge >= 0.3 is 0 Å². The number of aryl methyl sites for hydroxylation is 1. The van der Waals surface area contributed by atoms with Crippen molar-refractivity contribution in [1.82, 2.24) is 9.97 Å². The van der Waals surface area contributed by atoms with E-state index in [4.69, 9.17) is 9.68 Å². The molecule has 7 heteroatoms. The molecule has 0 atom stereocenters. The SMILES string of the molecule is Cc1nc(NCc2ccco2)cc(C(=O)Nc2ccccc2C#N)n1. The number of benzene rings is 1. The number of nitrogens with one attached hydrogen (secondary N) is 2. The van der Waals surface area contributed by atoms with Gasteiger partial charge in [-0.05, 0) is 31.2 Å². The number of hydrogen-bond acceptors (Lipinski definition) is 6. The number of amides is 1. The van der Waals surface area contributed by atoms with Crippen molar-refractivity contribution in [2.24, 2.45) is 0 Å². The van der Waals surface area contributed by atoms with E-state index in [1.807, 2.05) is 12.1 Å². The topological polar surface area (TPSA) is 104 Å². The maximum absolute atomic E-state index is 12.5. The third-order valence-electron chi connectivity index (χ3n) is 3.39. The molecular formula is C18H15N5O2. The second-order valence-electron chi connectivity index (χ2n) is 5.23. The molecule has 25 heavy (non-hydrogen) atoms.